The molecule has 0 aliphatic carbocycles. The van der Waals surface area contributed by atoms with Crippen LogP contribution in [0.4, 0.5) is 0 Å². The molecule has 2 amide bonds. The number of rotatable bonds is 6. The first kappa shape index (κ1) is 16.1. The van der Waals surface area contributed by atoms with E-state index in [9.17, 15) is 9.59 Å². The van der Waals surface area contributed by atoms with Crippen LogP contribution >= 0.6 is 0 Å². The van der Waals surface area contributed by atoms with E-state index in [1.54, 1.807) is 18.2 Å². The number of nitrogens with zero attached hydrogens (tertiary/aromatic N) is 2. The second-order valence-electron chi connectivity index (χ2n) is 4.50. The minimum absolute atomic E-state index is 0.152. The quantitative estimate of drug-likeness (QED) is 0.628. The Labute approximate surface area is 133 Å². The van der Waals surface area contributed by atoms with E-state index >= 15 is 0 Å². The third kappa shape index (κ3) is 5.92. The van der Waals surface area contributed by atoms with E-state index in [0.29, 0.717) is 5.56 Å². The molecular weight excluding hydrogens is 292 g/mol. The van der Waals surface area contributed by atoms with Crippen LogP contribution in [0.2, 0.25) is 0 Å². The van der Waals surface area contributed by atoms with Crippen LogP contribution in [-0.2, 0) is 4.79 Å². The number of carbonyl (C=O) groups excluding carboxylic acids is 2. The molecule has 1 heterocycles. The molecule has 23 heavy (non-hydrogen) atoms. The van der Waals surface area contributed by atoms with Crippen molar-refractivity contribution in [1.82, 2.24) is 15.7 Å². The lowest BCUT2D eigenvalue weighted by atomic mass is 10.2. The van der Waals surface area contributed by atoms with E-state index in [2.05, 4.69) is 20.8 Å². The summed E-state index contributed by atoms with van der Waals surface area (Å²) in [6.45, 7) is -0.152. The van der Waals surface area contributed by atoms with Crippen molar-refractivity contribution in [2.24, 2.45) is 5.10 Å². The van der Waals surface area contributed by atoms with E-state index in [1.165, 1.54) is 18.6 Å². The van der Waals surface area contributed by atoms with Gasteiger partial charge >= 0.3 is 0 Å². The molecule has 0 saturated heterocycles. The highest BCUT2D eigenvalue weighted by molar-refractivity contribution is 5.96. The van der Waals surface area contributed by atoms with E-state index < -0.39 is 5.91 Å². The van der Waals surface area contributed by atoms with Crippen molar-refractivity contribution in [3.63, 3.8) is 0 Å². The van der Waals surface area contributed by atoms with Gasteiger partial charge in [-0.05, 0) is 23.8 Å². The van der Waals surface area contributed by atoms with Gasteiger partial charge in [0.05, 0.1) is 6.54 Å². The molecule has 0 atom stereocenters. The molecule has 0 saturated carbocycles. The molecule has 2 N–H and O–H groups in total. The highest BCUT2D eigenvalue weighted by Crippen LogP contribution is 1.99. The molecule has 116 valence electrons. The first-order valence-electron chi connectivity index (χ1n) is 6.97. The van der Waals surface area contributed by atoms with Gasteiger partial charge in [0.1, 0.15) is 0 Å². The number of pyridine rings is 1. The van der Waals surface area contributed by atoms with Gasteiger partial charge in [0, 0.05) is 24.2 Å². The van der Waals surface area contributed by atoms with Gasteiger partial charge < -0.3 is 5.32 Å². The molecule has 2 aromatic rings. The third-order valence-electron chi connectivity index (χ3n) is 2.79. The molecule has 0 spiro atoms. The van der Waals surface area contributed by atoms with E-state index in [0.717, 1.165) is 5.56 Å². The Kier molecular flexibility index (Phi) is 6.22. The summed E-state index contributed by atoms with van der Waals surface area (Å²) >= 11 is 0. The number of hydrazone groups is 1. The normalized spacial score (nSPS) is 10.8. The summed E-state index contributed by atoms with van der Waals surface area (Å²) < 4.78 is 0. The summed E-state index contributed by atoms with van der Waals surface area (Å²) in [7, 11) is 0. The lowest BCUT2D eigenvalue weighted by Gasteiger charge is -2.03. The summed E-state index contributed by atoms with van der Waals surface area (Å²) in [6, 6.07) is 12.9. The SMILES string of the molecule is O=C(CNC(=O)c1ccncc1)NN=CC=Cc1ccccc1. The van der Waals surface area contributed by atoms with Crippen LogP contribution in [0.15, 0.2) is 66.0 Å². The molecule has 0 radical (unpaired) electrons. The maximum atomic E-state index is 11.7. The van der Waals surface area contributed by atoms with Crippen LogP contribution in [0.5, 0.6) is 0 Å². The zero-order chi connectivity index (χ0) is 16.3. The second-order valence-corrected chi connectivity index (χ2v) is 4.50. The number of nitrogens with one attached hydrogen (secondary N) is 2. The maximum absolute atomic E-state index is 11.7. The highest BCUT2D eigenvalue weighted by Gasteiger charge is 2.06. The van der Waals surface area contributed by atoms with Crippen LogP contribution < -0.4 is 10.7 Å². The number of hydrogen-bond acceptors (Lipinski definition) is 4. The Morgan fingerprint density at radius 3 is 2.57 bits per heavy atom. The zero-order valence-corrected chi connectivity index (χ0v) is 12.3. The summed E-state index contributed by atoms with van der Waals surface area (Å²) in [4.78, 5) is 27.1. The maximum Gasteiger partial charge on any atom is 0.259 e. The van der Waals surface area contributed by atoms with Gasteiger partial charge in [-0.25, -0.2) is 5.43 Å². The van der Waals surface area contributed by atoms with Gasteiger partial charge in [-0.3, -0.25) is 14.6 Å². The van der Waals surface area contributed by atoms with Gasteiger partial charge in [-0.15, -0.1) is 0 Å². The van der Waals surface area contributed by atoms with Crippen molar-refractivity contribution in [3.05, 3.63) is 72.1 Å². The molecule has 0 bridgehead atoms. The van der Waals surface area contributed by atoms with Crippen LogP contribution in [0.25, 0.3) is 6.08 Å². The topological polar surface area (TPSA) is 83.5 Å². The number of aromatic nitrogens is 1. The van der Waals surface area contributed by atoms with Crippen LogP contribution in [0.1, 0.15) is 15.9 Å². The van der Waals surface area contributed by atoms with Gasteiger partial charge in [-0.2, -0.15) is 5.10 Å². The summed E-state index contributed by atoms with van der Waals surface area (Å²) in [5.74, 6) is -0.743. The first-order valence-corrected chi connectivity index (χ1v) is 6.97. The standard InChI is InChI=1S/C17H16N4O2/c22-16(13-19-17(23)15-8-11-18-12-9-15)21-20-10-4-7-14-5-2-1-3-6-14/h1-12H,13H2,(H,19,23)(H,21,22). The molecule has 1 aromatic carbocycles. The number of benzene rings is 1. The Morgan fingerprint density at radius 2 is 1.83 bits per heavy atom. The monoisotopic (exact) mass is 308 g/mol. The minimum Gasteiger partial charge on any atom is -0.343 e. The molecule has 0 aliphatic heterocycles. The van der Waals surface area contributed by atoms with E-state index in [4.69, 9.17) is 0 Å². The van der Waals surface area contributed by atoms with E-state index in [1.807, 2.05) is 36.4 Å². The minimum atomic E-state index is -0.406. The van der Waals surface area contributed by atoms with Crippen LogP contribution in [0.3, 0.4) is 0 Å². The molecule has 0 aliphatic rings. The van der Waals surface area contributed by atoms with Crippen molar-refractivity contribution in [2.75, 3.05) is 6.54 Å². The lowest BCUT2D eigenvalue weighted by molar-refractivity contribution is -0.120. The summed E-state index contributed by atoms with van der Waals surface area (Å²) in [5.41, 5.74) is 3.81. The van der Waals surface area contributed by atoms with Crippen molar-refractivity contribution < 1.29 is 9.59 Å². The van der Waals surface area contributed by atoms with Crippen LogP contribution in [0, 0.1) is 0 Å². The lowest BCUT2D eigenvalue weighted by Crippen LogP contribution is -2.34. The Hall–Kier alpha value is -3.28. The fraction of sp³-hybridized carbons (Fsp3) is 0.0588. The van der Waals surface area contributed by atoms with E-state index in [-0.39, 0.29) is 12.5 Å². The third-order valence-corrected chi connectivity index (χ3v) is 2.79. The fourth-order valence-corrected chi connectivity index (χ4v) is 1.68. The summed E-state index contributed by atoms with van der Waals surface area (Å²) in [6.07, 6.45) is 8.07. The van der Waals surface area contributed by atoms with Crippen molar-refractivity contribution in [2.45, 2.75) is 0 Å². The second kappa shape index (κ2) is 8.89. The predicted octanol–water partition coefficient (Wildman–Crippen LogP) is 1.63. The highest BCUT2D eigenvalue weighted by atomic mass is 16.2. The fourth-order valence-electron chi connectivity index (χ4n) is 1.68. The molecule has 2 rings (SSSR count). The van der Waals surface area contributed by atoms with Gasteiger partial charge in [0.25, 0.3) is 11.8 Å². The summed E-state index contributed by atoms with van der Waals surface area (Å²) in [5, 5.41) is 6.26. The average Bonchev–Trinajstić information content (AvgIpc) is 2.61. The number of carbonyl (C=O) groups is 2. The Morgan fingerprint density at radius 1 is 1.09 bits per heavy atom. The first-order chi connectivity index (χ1) is 11.3. The number of hydrogen-bond donors (Lipinski definition) is 2. The molecule has 6 nitrogen and oxygen atoms in total. The smallest absolute Gasteiger partial charge is 0.259 e. The molecular formula is C17H16N4O2. The van der Waals surface area contributed by atoms with Crippen molar-refractivity contribution in [3.8, 4) is 0 Å². The number of amides is 2. The Balaban J connectivity index is 1.70. The van der Waals surface area contributed by atoms with Crippen LogP contribution in [-0.4, -0.2) is 29.6 Å². The zero-order valence-electron chi connectivity index (χ0n) is 12.3. The number of allylic oxidation sites excluding steroid dienone is 1. The molecule has 0 fully saturated rings. The van der Waals surface area contributed by atoms with Gasteiger partial charge in [0.2, 0.25) is 0 Å². The van der Waals surface area contributed by atoms with Gasteiger partial charge in [-0.1, -0.05) is 36.4 Å². The molecule has 0 unspecified atom stereocenters. The Bertz CT molecular complexity index is 697. The van der Waals surface area contributed by atoms with Crippen molar-refractivity contribution >= 4 is 24.1 Å². The molecule has 1 aromatic heterocycles. The largest absolute Gasteiger partial charge is 0.343 e. The van der Waals surface area contributed by atoms with Gasteiger partial charge in [0.15, 0.2) is 0 Å². The van der Waals surface area contributed by atoms with Crippen molar-refractivity contribution in [1.29, 1.82) is 0 Å². The average molecular weight is 308 g/mol. The molecule has 6 heteroatoms. The predicted molar refractivity (Wildman–Crippen MR) is 88.7 cm³/mol.